The summed E-state index contributed by atoms with van der Waals surface area (Å²) in [5, 5.41) is 22.9. The van der Waals surface area contributed by atoms with Gasteiger partial charge in [0.2, 0.25) is 0 Å². The van der Waals surface area contributed by atoms with E-state index in [9.17, 15) is 10.3 Å². The normalized spacial score (nSPS) is 22.2. The molecule has 0 fully saturated rings. The van der Waals surface area contributed by atoms with E-state index in [1.165, 1.54) is 22.2 Å². The molecular formula is C21H26N3O2+. The van der Waals surface area contributed by atoms with Crippen LogP contribution in [-0.2, 0) is 25.1 Å². The van der Waals surface area contributed by atoms with Crippen molar-refractivity contribution in [2.24, 2.45) is 0 Å². The van der Waals surface area contributed by atoms with Gasteiger partial charge in [0.15, 0.2) is 0 Å². The van der Waals surface area contributed by atoms with Crippen LogP contribution >= 0.6 is 0 Å². The highest BCUT2D eigenvalue weighted by molar-refractivity contribution is 5.86. The first-order valence-electron chi connectivity index (χ1n) is 9.08. The fraction of sp³-hybridized carbons (Fsp3) is 0.381. The molecule has 136 valence electrons. The molecule has 4 rings (SSSR count). The van der Waals surface area contributed by atoms with Crippen molar-refractivity contribution < 1.29 is 15.0 Å². The Kier molecular flexibility index (Phi) is 3.91. The molecular weight excluding hydrogens is 326 g/mol. The van der Waals surface area contributed by atoms with Crippen LogP contribution in [0.15, 0.2) is 42.7 Å². The zero-order valence-electron chi connectivity index (χ0n) is 15.6. The van der Waals surface area contributed by atoms with Gasteiger partial charge in [-0.3, -0.25) is 4.98 Å². The number of aryl methyl sites for hydroxylation is 1. The Bertz CT molecular complexity index is 958. The number of aliphatic hydroxyl groups is 1. The van der Waals surface area contributed by atoms with Crippen LogP contribution in [-0.4, -0.2) is 38.1 Å². The van der Waals surface area contributed by atoms with Crippen molar-refractivity contribution >= 4 is 10.9 Å². The van der Waals surface area contributed by atoms with Gasteiger partial charge < -0.3 is 9.67 Å². The lowest BCUT2D eigenvalue weighted by atomic mass is 9.96. The zero-order valence-corrected chi connectivity index (χ0v) is 15.6. The quantitative estimate of drug-likeness (QED) is 0.712. The van der Waals surface area contributed by atoms with Gasteiger partial charge in [0.25, 0.3) is 0 Å². The summed E-state index contributed by atoms with van der Waals surface area (Å²) in [6, 6.07) is 10.2. The molecule has 1 aliphatic rings. The molecule has 0 bridgehead atoms. The number of nitrogens with zero attached hydrogens (tertiary/aromatic N) is 3. The number of quaternary nitrogens is 1. The van der Waals surface area contributed by atoms with Crippen LogP contribution in [0.5, 0.6) is 0 Å². The van der Waals surface area contributed by atoms with E-state index in [1.54, 1.807) is 12.4 Å². The summed E-state index contributed by atoms with van der Waals surface area (Å²) in [6.07, 6.45) is 4.22. The van der Waals surface area contributed by atoms with E-state index in [1.807, 2.05) is 26.1 Å². The maximum atomic E-state index is 11.2. The second kappa shape index (κ2) is 5.91. The van der Waals surface area contributed by atoms with Gasteiger partial charge in [-0.25, -0.2) is 5.21 Å². The van der Waals surface area contributed by atoms with Crippen LogP contribution in [0.25, 0.3) is 10.9 Å². The second-order valence-corrected chi connectivity index (χ2v) is 8.01. The Balaban J connectivity index is 1.86. The largest absolute Gasteiger partial charge is 0.384 e. The van der Waals surface area contributed by atoms with Crippen LogP contribution < -0.4 is 0 Å². The monoisotopic (exact) mass is 352 g/mol. The molecule has 3 aromatic rings. The van der Waals surface area contributed by atoms with E-state index in [4.69, 9.17) is 0 Å². The number of hydrogen-bond donors (Lipinski definition) is 2. The topological polar surface area (TPSA) is 58.3 Å². The summed E-state index contributed by atoms with van der Waals surface area (Å²) in [7, 11) is 1.86. The highest BCUT2D eigenvalue weighted by atomic mass is 16.5. The summed E-state index contributed by atoms with van der Waals surface area (Å²) >= 11 is 0. The van der Waals surface area contributed by atoms with Crippen molar-refractivity contribution in [3.63, 3.8) is 0 Å². The van der Waals surface area contributed by atoms with Crippen molar-refractivity contribution in [1.29, 1.82) is 0 Å². The van der Waals surface area contributed by atoms with Gasteiger partial charge in [-0.05, 0) is 43.7 Å². The Labute approximate surface area is 153 Å². The molecule has 5 nitrogen and oxygen atoms in total. The summed E-state index contributed by atoms with van der Waals surface area (Å²) in [5.41, 5.74) is 4.61. The number of benzene rings is 1. The molecule has 3 heterocycles. The van der Waals surface area contributed by atoms with Crippen LogP contribution in [0, 0.1) is 6.92 Å². The smallest absolute Gasteiger partial charge is 0.136 e. The molecule has 5 heteroatoms. The summed E-state index contributed by atoms with van der Waals surface area (Å²) in [4.78, 5) is 4.05. The molecule has 2 N–H and O–H groups in total. The van der Waals surface area contributed by atoms with Gasteiger partial charge >= 0.3 is 0 Å². The first-order chi connectivity index (χ1) is 12.3. The van der Waals surface area contributed by atoms with Gasteiger partial charge in [0.05, 0.1) is 13.6 Å². The molecule has 0 radical (unpaired) electrons. The van der Waals surface area contributed by atoms with E-state index in [2.05, 4.69) is 34.7 Å². The molecule has 2 atom stereocenters. The first kappa shape index (κ1) is 17.2. The van der Waals surface area contributed by atoms with Crippen LogP contribution in [0.2, 0.25) is 0 Å². The molecule has 2 unspecified atom stereocenters. The highest BCUT2D eigenvalue weighted by Crippen LogP contribution is 2.35. The van der Waals surface area contributed by atoms with Crippen molar-refractivity contribution in [2.75, 3.05) is 13.6 Å². The molecule has 0 spiro atoms. The Morgan fingerprint density at radius 3 is 2.69 bits per heavy atom. The van der Waals surface area contributed by atoms with Gasteiger partial charge in [0.1, 0.15) is 18.7 Å². The van der Waals surface area contributed by atoms with E-state index < -0.39 is 5.60 Å². The molecule has 0 aliphatic carbocycles. The van der Waals surface area contributed by atoms with Gasteiger partial charge in [0, 0.05) is 41.0 Å². The predicted molar refractivity (Wildman–Crippen MR) is 101 cm³/mol. The standard InChI is InChI=1S/C21H26N3O2/c1-15-4-5-19-17(12-15)18-13-24(3,26)11-8-20(18)23(19)14-21(2,25)16-6-9-22-10-7-16/h4-7,9-10,12,25-26H,8,11,13-14H2,1-3H3/q+1. The third-order valence-electron chi connectivity index (χ3n) is 5.54. The van der Waals surface area contributed by atoms with Gasteiger partial charge in [-0.15, -0.1) is 0 Å². The number of hydrogen-bond acceptors (Lipinski definition) is 3. The van der Waals surface area contributed by atoms with Crippen molar-refractivity contribution in [3.8, 4) is 0 Å². The third kappa shape index (κ3) is 2.92. The van der Waals surface area contributed by atoms with Crippen molar-refractivity contribution in [3.05, 3.63) is 65.1 Å². The van der Waals surface area contributed by atoms with Gasteiger partial charge in [-0.2, -0.15) is 4.65 Å². The van der Waals surface area contributed by atoms with E-state index in [-0.39, 0.29) is 4.65 Å². The van der Waals surface area contributed by atoms with Crippen molar-refractivity contribution in [1.82, 2.24) is 9.55 Å². The lowest BCUT2D eigenvalue weighted by molar-refractivity contribution is -1.10. The number of pyridine rings is 1. The molecule has 0 amide bonds. The Hall–Kier alpha value is -2.21. The minimum absolute atomic E-state index is 0.0147. The van der Waals surface area contributed by atoms with Crippen LogP contribution in [0.3, 0.4) is 0 Å². The minimum Gasteiger partial charge on any atom is -0.384 e. The number of likely N-dealkylation sites (N-methyl/N-ethyl adjacent to an activating group) is 1. The molecule has 26 heavy (non-hydrogen) atoms. The maximum Gasteiger partial charge on any atom is 0.136 e. The fourth-order valence-corrected chi connectivity index (χ4v) is 4.11. The first-order valence-corrected chi connectivity index (χ1v) is 9.08. The summed E-state index contributed by atoms with van der Waals surface area (Å²) in [5.74, 6) is 0. The number of aromatic nitrogens is 2. The van der Waals surface area contributed by atoms with Gasteiger partial charge in [-0.1, -0.05) is 11.6 Å². The van der Waals surface area contributed by atoms with Crippen LogP contribution in [0.1, 0.15) is 29.3 Å². The SMILES string of the molecule is Cc1ccc2c(c1)c1c(n2CC(C)(O)c2ccncc2)CC[N+](C)(O)C1. The lowest BCUT2D eigenvalue weighted by Gasteiger charge is -2.31. The average molecular weight is 352 g/mol. The molecule has 2 aromatic heterocycles. The Morgan fingerprint density at radius 1 is 1.23 bits per heavy atom. The van der Waals surface area contributed by atoms with Crippen LogP contribution in [0.4, 0.5) is 0 Å². The third-order valence-corrected chi connectivity index (χ3v) is 5.54. The van der Waals surface area contributed by atoms with E-state index in [0.29, 0.717) is 19.6 Å². The van der Waals surface area contributed by atoms with Crippen molar-refractivity contribution in [2.45, 2.75) is 39.0 Å². The average Bonchev–Trinajstić information content (AvgIpc) is 2.87. The molecule has 1 aliphatic heterocycles. The number of fused-ring (bicyclic) bond motifs is 3. The molecule has 0 saturated carbocycles. The number of hydroxylamine groups is 3. The highest BCUT2D eigenvalue weighted by Gasteiger charge is 2.34. The second-order valence-electron chi connectivity index (χ2n) is 8.01. The maximum absolute atomic E-state index is 11.2. The van der Waals surface area contributed by atoms with E-state index >= 15 is 0 Å². The fourth-order valence-electron chi connectivity index (χ4n) is 4.11. The zero-order chi connectivity index (χ0) is 18.5. The Morgan fingerprint density at radius 2 is 1.96 bits per heavy atom. The lowest BCUT2D eigenvalue weighted by Crippen LogP contribution is -2.44. The minimum atomic E-state index is -0.998. The van der Waals surface area contributed by atoms with E-state index in [0.717, 1.165) is 17.5 Å². The summed E-state index contributed by atoms with van der Waals surface area (Å²) < 4.78 is 2.25. The predicted octanol–water partition coefficient (Wildman–Crippen LogP) is 3.14. The summed E-state index contributed by atoms with van der Waals surface area (Å²) in [6.45, 7) is 5.69. The molecule has 0 saturated heterocycles. The molecule has 1 aromatic carbocycles. The number of rotatable bonds is 3.